The van der Waals surface area contributed by atoms with Crippen molar-refractivity contribution in [3.63, 3.8) is 0 Å². The molecule has 1 heterocycles. The SMILES string of the molecule is CC(C)NC[C@]1(O)CCCN(CC(C)(C)C)C1=O. The van der Waals surface area contributed by atoms with E-state index in [1.807, 2.05) is 18.7 Å². The number of likely N-dealkylation sites (tertiary alicyclic amines) is 1. The van der Waals surface area contributed by atoms with Gasteiger partial charge in [0.2, 0.25) is 0 Å². The Hall–Kier alpha value is -0.610. The Kier molecular flexibility index (Phi) is 4.78. The molecule has 1 amide bonds. The summed E-state index contributed by atoms with van der Waals surface area (Å²) in [5.74, 6) is -0.114. The molecule has 1 aliphatic rings. The first-order chi connectivity index (χ1) is 8.14. The molecule has 0 aliphatic carbocycles. The average molecular weight is 256 g/mol. The maximum absolute atomic E-state index is 12.4. The van der Waals surface area contributed by atoms with Crippen molar-refractivity contribution in [1.29, 1.82) is 0 Å². The molecular weight excluding hydrogens is 228 g/mol. The van der Waals surface area contributed by atoms with Gasteiger partial charge in [-0.05, 0) is 18.3 Å². The highest BCUT2D eigenvalue weighted by molar-refractivity contribution is 5.86. The van der Waals surface area contributed by atoms with Gasteiger partial charge in [-0.2, -0.15) is 0 Å². The van der Waals surface area contributed by atoms with E-state index in [-0.39, 0.29) is 17.4 Å². The van der Waals surface area contributed by atoms with Crippen LogP contribution in [0.5, 0.6) is 0 Å². The lowest BCUT2D eigenvalue weighted by atomic mass is 9.88. The number of hydrogen-bond acceptors (Lipinski definition) is 3. The second-order valence-corrected chi connectivity index (χ2v) is 6.96. The summed E-state index contributed by atoms with van der Waals surface area (Å²) >= 11 is 0. The summed E-state index contributed by atoms with van der Waals surface area (Å²) in [6.45, 7) is 12.2. The lowest BCUT2D eigenvalue weighted by Crippen LogP contribution is -2.59. The molecule has 1 rings (SSSR count). The highest BCUT2D eigenvalue weighted by Gasteiger charge is 2.42. The quantitative estimate of drug-likeness (QED) is 0.799. The first-order valence-corrected chi connectivity index (χ1v) is 6.89. The molecule has 106 valence electrons. The van der Waals surface area contributed by atoms with Crippen LogP contribution in [-0.4, -0.2) is 47.2 Å². The molecule has 0 aromatic carbocycles. The zero-order valence-electron chi connectivity index (χ0n) is 12.4. The van der Waals surface area contributed by atoms with Crippen molar-refractivity contribution in [3.8, 4) is 0 Å². The molecular formula is C14H28N2O2. The van der Waals surface area contributed by atoms with Crippen LogP contribution < -0.4 is 5.32 Å². The lowest BCUT2D eigenvalue weighted by molar-refractivity contribution is -0.158. The van der Waals surface area contributed by atoms with Gasteiger partial charge in [0, 0.05) is 25.7 Å². The van der Waals surface area contributed by atoms with E-state index in [1.165, 1.54) is 0 Å². The van der Waals surface area contributed by atoms with E-state index >= 15 is 0 Å². The van der Waals surface area contributed by atoms with Crippen molar-refractivity contribution in [1.82, 2.24) is 10.2 Å². The van der Waals surface area contributed by atoms with Crippen LogP contribution in [0.25, 0.3) is 0 Å². The molecule has 2 N–H and O–H groups in total. The van der Waals surface area contributed by atoms with E-state index in [0.717, 1.165) is 13.0 Å². The van der Waals surface area contributed by atoms with Crippen LogP contribution in [0.15, 0.2) is 0 Å². The Balaban J connectivity index is 2.68. The Morgan fingerprint density at radius 3 is 2.56 bits per heavy atom. The summed E-state index contributed by atoms with van der Waals surface area (Å²) in [6, 6.07) is 0.278. The Morgan fingerprint density at radius 2 is 2.06 bits per heavy atom. The molecule has 0 spiro atoms. The number of nitrogens with one attached hydrogen (secondary N) is 1. The standard InChI is InChI=1S/C14H28N2O2/c1-11(2)15-9-14(18)7-6-8-16(12(14)17)10-13(3,4)5/h11,15,18H,6-10H2,1-5H3/t14-/m1/s1. The highest BCUT2D eigenvalue weighted by Crippen LogP contribution is 2.25. The molecule has 1 aliphatic heterocycles. The fourth-order valence-corrected chi connectivity index (χ4v) is 2.33. The summed E-state index contributed by atoms with van der Waals surface area (Å²) in [6.07, 6.45) is 1.43. The predicted molar refractivity (Wildman–Crippen MR) is 73.4 cm³/mol. The van der Waals surface area contributed by atoms with Gasteiger partial charge in [-0.25, -0.2) is 0 Å². The summed E-state index contributed by atoms with van der Waals surface area (Å²) in [5.41, 5.74) is -1.15. The smallest absolute Gasteiger partial charge is 0.255 e. The van der Waals surface area contributed by atoms with Gasteiger partial charge in [0.05, 0.1) is 0 Å². The van der Waals surface area contributed by atoms with E-state index < -0.39 is 5.60 Å². The lowest BCUT2D eigenvalue weighted by Gasteiger charge is -2.41. The normalized spacial score (nSPS) is 25.9. The van der Waals surface area contributed by atoms with Crippen molar-refractivity contribution < 1.29 is 9.90 Å². The van der Waals surface area contributed by atoms with Crippen LogP contribution in [0.1, 0.15) is 47.5 Å². The second-order valence-electron chi connectivity index (χ2n) is 6.96. The first kappa shape index (κ1) is 15.4. The summed E-state index contributed by atoms with van der Waals surface area (Å²) in [4.78, 5) is 14.2. The van der Waals surface area contributed by atoms with Crippen molar-refractivity contribution in [2.75, 3.05) is 19.6 Å². The molecule has 0 saturated carbocycles. The molecule has 0 aromatic rings. The molecule has 0 bridgehead atoms. The third-order valence-electron chi connectivity index (χ3n) is 3.17. The number of carbonyl (C=O) groups is 1. The molecule has 0 radical (unpaired) electrons. The number of rotatable bonds is 4. The number of aliphatic hydroxyl groups is 1. The number of amides is 1. The number of carbonyl (C=O) groups excluding carboxylic acids is 1. The Labute approximate surface area is 111 Å². The van der Waals surface area contributed by atoms with Crippen LogP contribution in [0.2, 0.25) is 0 Å². The molecule has 1 fully saturated rings. The second kappa shape index (κ2) is 5.57. The minimum absolute atomic E-state index is 0.0688. The average Bonchev–Trinajstić information content (AvgIpc) is 2.21. The monoisotopic (exact) mass is 256 g/mol. The van der Waals surface area contributed by atoms with Crippen LogP contribution in [0, 0.1) is 5.41 Å². The van der Waals surface area contributed by atoms with Crippen LogP contribution >= 0.6 is 0 Å². The van der Waals surface area contributed by atoms with Crippen molar-refractivity contribution in [3.05, 3.63) is 0 Å². The van der Waals surface area contributed by atoms with Crippen molar-refractivity contribution in [2.24, 2.45) is 5.41 Å². The Bertz CT molecular complexity index is 297. The summed E-state index contributed by atoms with van der Waals surface area (Å²) in [7, 11) is 0. The van der Waals surface area contributed by atoms with Crippen LogP contribution in [-0.2, 0) is 4.79 Å². The predicted octanol–water partition coefficient (Wildman–Crippen LogP) is 1.38. The van der Waals surface area contributed by atoms with E-state index in [1.54, 1.807) is 0 Å². The minimum Gasteiger partial charge on any atom is -0.379 e. The molecule has 0 aromatic heterocycles. The van der Waals surface area contributed by atoms with Crippen LogP contribution in [0.4, 0.5) is 0 Å². The Morgan fingerprint density at radius 1 is 1.44 bits per heavy atom. The van der Waals surface area contributed by atoms with Gasteiger partial charge in [0.25, 0.3) is 5.91 Å². The van der Waals surface area contributed by atoms with Gasteiger partial charge in [-0.1, -0.05) is 34.6 Å². The molecule has 1 saturated heterocycles. The summed E-state index contributed by atoms with van der Waals surface area (Å²) < 4.78 is 0. The molecule has 4 heteroatoms. The van der Waals surface area contributed by atoms with Gasteiger partial charge in [-0.15, -0.1) is 0 Å². The van der Waals surface area contributed by atoms with Crippen LogP contribution in [0.3, 0.4) is 0 Å². The molecule has 18 heavy (non-hydrogen) atoms. The fourth-order valence-electron chi connectivity index (χ4n) is 2.33. The minimum atomic E-state index is -1.21. The van der Waals surface area contributed by atoms with E-state index in [9.17, 15) is 9.90 Å². The fraction of sp³-hybridized carbons (Fsp3) is 0.929. The van der Waals surface area contributed by atoms with Crippen molar-refractivity contribution in [2.45, 2.75) is 59.1 Å². The third kappa shape index (κ3) is 4.25. The molecule has 0 unspecified atom stereocenters. The highest BCUT2D eigenvalue weighted by atomic mass is 16.3. The van der Waals surface area contributed by atoms with E-state index in [4.69, 9.17) is 0 Å². The first-order valence-electron chi connectivity index (χ1n) is 6.89. The largest absolute Gasteiger partial charge is 0.379 e. The maximum atomic E-state index is 12.4. The number of hydrogen-bond donors (Lipinski definition) is 2. The van der Waals surface area contributed by atoms with E-state index in [2.05, 4.69) is 26.1 Å². The number of nitrogens with zero attached hydrogens (tertiary/aromatic N) is 1. The van der Waals surface area contributed by atoms with Gasteiger partial charge in [-0.3, -0.25) is 4.79 Å². The van der Waals surface area contributed by atoms with Gasteiger partial charge < -0.3 is 15.3 Å². The third-order valence-corrected chi connectivity index (χ3v) is 3.17. The van der Waals surface area contributed by atoms with Gasteiger partial charge in [0.15, 0.2) is 5.60 Å². The van der Waals surface area contributed by atoms with E-state index in [0.29, 0.717) is 19.5 Å². The van der Waals surface area contributed by atoms with Crippen molar-refractivity contribution >= 4 is 5.91 Å². The zero-order valence-corrected chi connectivity index (χ0v) is 12.4. The van der Waals surface area contributed by atoms with Gasteiger partial charge >= 0.3 is 0 Å². The molecule has 4 nitrogen and oxygen atoms in total. The molecule has 1 atom stereocenters. The summed E-state index contributed by atoms with van der Waals surface area (Å²) in [5, 5.41) is 13.7. The van der Waals surface area contributed by atoms with Gasteiger partial charge in [0.1, 0.15) is 0 Å². The topological polar surface area (TPSA) is 52.6 Å². The number of piperidine rings is 1. The zero-order chi connectivity index (χ0) is 14.0. The maximum Gasteiger partial charge on any atom is 0.255 e.